The second-order valence-electron chi connectivity index (χ2n) is 5.63. The van der Waals surface area contributed by atoms with Crippen molar-refractivity contribution >= 4 is 17.5 Å². The maximum Gasteiger partial charge on any atom is 0.273 e. The SMILES string of the molecule is CC1CNCCC1NC(=O)c1cc(-c2ccc(Cl)cc2)on1. The molecule has 2 heterocycles. The second kappa shape index (κ2) is 6.50. The highest BCUT2D eigenvalue weighted by Crippen LogP contribution is 2.22. The van der Waals surface area contributed by atoms with Crippen LogP contribution >= 0.6 is 11.6 Å². The zero-order chi connectivity index (χ0) is 15.5. The summed E-state index contributed by atoms with van der Waals surface area (Å²) in [4.78, 5) is 12.3. The van der Waals surface area contributed by atoms with Crippen molar-refractivity contribution in [1.29, 1.82) is 0 Å². The van der Waals surface area contributed by atoms with E-state index in [0.717, 1.165) is 25.1 Å². The molecular weight excluding hydrogens is 302 g/mol. The summed E-state index contributed by atoms with van der Waals surface area (Å²) in [6, 6.07) is 9.04. The van der Waals surface area contributed by atoms with E-state index in [9.17, 15) is 4.79 Å². The summed E-state index contributed by atoms with van der Waals surface area (Å²) in [6.45, 7) is 3.96. The van der Waals surface area contributed by atoms with Crippen LogP contribution in [0.1, 0.15) is 23.8 Å². The van der Waals surface area contributed by atoms with Crippen LogP contribution in [0.2, 0.25) is 5.02 Å². The zero-order valence-corrected chi connectivity index (χ0v) is 13.1. The molecule has 2 aromatic rings. The van der Waals surface area contributed by atoms with E-state index in [-0.39, 0.29) is 11.9 Å². The molecule has 1 aromatic carbocycles. The first-order valence-electron chi connectivity index (χ1n) is 7.38. The van der Waals surface area contributed by atoms with Gasteiger partial charge < -0.3 is 15.2 Å². The molecule has 0 spiro atoms. The first kappa shape index (κ1) is 15.1. The second-order valence-corrected chi connectivity index (χ2v) is 6.07. The first-order chi connectivity index (χ1) is 10.6. The average Bonchev–Trinajstić information content (AvgIpc) is 3.00. The Morgan fingerprint density at radius 1 is 1.41 bits per heavy atom. The molecule has 2 unspecified atom stereocenters. The molecule has 5 nitrogen and oxygen atoms in total. The number of nitrogens with zero attached hydrogens (tertiary/aromatic N) is 1. The van der Waals surface area contributed by atoms with Gasteiger partial charge in [0.2, 0.25) is 0 Å². The molecule has 1 aliphatic rings. The molecule has 1 amide bonds. The molecule has 3 rings (SSSR count). The predicted octanol–water partition coefficient (Wildman–Crippen LogP) is 2.72. The molecule has 1 saturated heterocycles. The highest BCUT2D eigenvalue weighted by Gasteiger charge is 2.24. The van der Waals surface area contributed by atoms with Gasteiger partial charge in [-0.25, -0.2) is 0 Å². The van der Waals surface area contributed by atoms with Crippen LogP contribution in [0.3, 0.4) is 0 Å². The van der Waals surface area contributed by atoms with Crippen LogP contribution < -0.4 is 10.6 Å². The Morgan fingerprint density at radius 3 is 2.91 bits per heavy atom. The summed E-state index contributed by atoms with van der Waals surface area (Å²) in [5, 5.41) is 10.9. The monoisotopic (exact) mass is 319 g/mol. The average molecular weight is 320 g/mol. The molecule has 0 aliphatic carbocycles. The number of benzene rings is 1. The first-order valence-corrected chi connectivity index (χ1v) is 7.75. The lowest BCUT2D eigenvalue weighted by molar-refractivity contribution is 0.0905. The number of aromatic nitrogens is 1. The van der Waals surface area contributed by atoms with Crippen molar-refractivity contribution in [3.05, 3.63) is 41.0 Å². The molecule has 1 aliphatic heterocycles. The van der Waals surface area contributed by atoms with Crippen molar-refractivity contribution in [3.8, 4) is 11.3 Å². The largest absolute Gasteiger partial charge is 0.355 e. The predicted molar refractivity (Wildman–Crippen MR) is 84.9 cm³/mol. The van der Waals surface area contributed by atoms with Gasteiger partial charge >= 0.3 is 0 Å². The van der Waals surface area contributed by atoms with Crippen LogP contribution in [0.25, 0.3) is 11.3 Å². The lowest BCUT2D eigenvalue weighted by Crippen LogP contribution is -2.48. The number of rotatable bonds is 3. The Morgan fingerprint density at radius 2 is 2.18 bits per heavy atom. The fourth-order valence-corrected chi connectivity index (χ4v) is 2.73. The van der Waals surface area contributed by atoms with Gasteiger partial charge in [0.05, 0.1) is 0 Å². The molecular formula is C16H18ClN3O2. The van der Waals surface area contributed by atoms with Gasteiger partial charge in [0.1, 0.15) is 0 Å². The molecule has 2 atom stereocenters. The quantitative estimate of drug-likeness (QED) is 0.913. The molecule has 0 saturated carbocycles. The number of halogens is 1. The number of carbonyl (C=O) groups is 1. The fourth-order valence-electron chi connectivity index (χ4n) is 2.60. The van der Waals surface area contributed by atoms with E-state index in [1.54, 1.807) is 18.2 Å². The standard InChI is InChI=1S/C16H18ClN3O2/c1-10-9-18-7-6-13(10)19-16(21)14-8-15(22-20-14)11-2-4-12(17)5-3-11/h2-5,8,10,13,18H,6-7,9H2,1H3,(H,19,21). The lowest BCUT2D eigenvalue weighted by Gasteiger charge is -2.29. The van der Waals surface area contributed by atoms with Gasteiger partial charge in [0.15, 0.2) is 11.5 Å². The number of hydrogen-bond acceptors (Lipinski definition) is 4. The van der Waals surface area contributed by atoms with Gasteiger partial charge in [-0.15, -0.1) is 0 Å². The van der Waals surface area contributed by atoms with Gasteiger partial charge in [0, 0.05) is 22.7 Å². The highest BCUT2D eigenvalue weighted by atomic mass is 35.5. The molecule has 0 radical (unpaired) electrons. The van der Waals surface area contributed by atoms with Crippen molar-refractivity contribution < 1.29 is 9.32 Å². The Kier molecular flexibility index (Phi) is 4.45. The summed E-state index contributed by atoms with van der Waals surface area (Å²) in [7, 11) is 0. The number of hydrogen-bond donors (Lipinski definition) is 2. The van der Waals surface area contributed by atoms with Gasteiger partial charge in [-0.3, -0.25) is 4.79 Å². The summed E-state index contributed by atoms with van der Waals surface area (Å²) in [6.07, 6.45) is 0.925. The van der Waals surface area contributed by atoms with E-state index >= 15 is 0 Å². The van der Waals surface area contributed by atoms with Crippen molar-refractivity contribution in [1.82, 2.24) is 15.8 Å². The lowest BCUT2D eigenvalue weighted by atomic mass is 9.95. The van der Waals surface area contributed by atoms with Crippen LogP contribution in [0.4, 0.5) is 0 Å². The summed E-state index contributed by atoms with van der Waals surface area (Å²) in [5.74, 6) is 0.767. The Balaban J connectivity index is 1.70. The van der Waals surface area contributed by atoms with Crippen molar-refractivity contribution in [3.63, 3.8) is 0 Å². The van der Waals surface area contributed by atoms with E-state index in [2.05, 4.69) is 22.7 Å². The van der Waals surface area contributed by atoms with Gasteiger partial charge in [-0.05, 0) is 49.7 Å². The Hall–Kier alpha value is -1.85. The minimum atomic E-state index is -0.192. The van der Waals surface area contributed by atoms with E-state index in [0.29, 0.717) is 22.4 Å². The third kappa shape index (κ3) is 3.31. The van der Waals surface area contributed by atoms with E-state index in [1.165, 1.54) is 0 Å². The van der Waals surface area contributed by atoms with Crippen LogP contribution in [-0.4, -0.2) is 30.2 Å². The maximum atomic E-state index is 12.3. The minimum Gasteiger partial charge on any atom is -0.355 e. The molecule has 2 N–H and O–H groups in total. The van der Waals surface area contributed by atoms with Crippen molar-refractivity contribution in [2.75, 3.05) is 13.1 Å². The Bertz CT molecular complexity index is 654. The third-order valence-corrected chi connectivity index (χ3v) is 4.23. The minimum absolute atomic E-state index is 0.171. The van der Waals surface area contributed by atoms with E-state index < -0.39 is 0 Å². The molecule has 0 bridgehead atoms. The van der Waals surface area contributed by atoms with Gasteiger partial charge in [-0.2, -0.15) is 0 Å². The normalized spacial score (nSPS) is 21.5. The zero-order valence-electron chi connectivity index (χ0n) is 12.3. The fraction of sp³-hybridized carbons (Fsp3) is 0.375. The Labute approximate surface area is 134 Å². The third-order valence-electron chi connectivity index (χ3n) is 3.97. The molecule has 1 aromatic heterocycles. The summed E-state index contributed by atoms with van der Waals surface area (Å²) >= 11 is 5.86. The number of amides is 1. The van der Waals surface area contributed by atoms with E-state index in [4.69, 9.17) is 16.1 Å². The molecule has 6 heteroatoms. The molecule has 1 fully saturated rings. The smallest absolute Gasteiger partial charge is 0.273 e. The molecule has 116 valence electrons. The maximum absolute atomic E-state index is 12.3. The van der Waals surface area contributed by atoms with Gasteiger partial charge in [0.25, 0.3) is 5.91 Å². The van der Waals surface area contributed by atoms with Gasteiger partial charge in [-0.1, -0.05) is 23.7 Å². The summed E-state index contributed by atoms with van der Waals surface area (Å²) in [5.41, 5.74) is 1.14. The van der Waals surface area contributed by atoms with Crippen LogP contribution in [0, 0.1) is 5.92 Å². The topological polar surface area (TPSA) is 67.2 Å². The number of piperidine rings is 1. The number of carbonyl (C=O) groups excluding carboxylic acids is 1. The number of nitrogens with one attached hydrogen (secondary N) is 2. The van der Waals surface area contributed by atoms with Crippen LogP contribution in [0.15, 0.2) is 34.9 Å². The highest BCUT2D eigenvalue weighted by molar-refractivity contribution is 6.30. The van der Waals surface area contributed by atoms with Crippen molar-refractivity contribution in [2.24, 2.45) is 5.92 Å². The van der Waals surface area contributed by atoms with E-state index in [1.807, 2.05) is 12.1 Å². The van der Waals surface area contributed by atoms with Crippen molar-refractivity contribution in [2.45, 2.75) is 19.4 Å². The van der Waals surface area contributed by atoms with Crippen LogP contribution in [0.5, 0.6) is 0 Å². The molecule has 22 heavy (non-hydrogen) atoms. The van der Waals surface area contributed by atoms with Crippen LogP contribution in [-0.2, 0) is 0 Å². The summed E-state index contributed by atoms with van der Waals surface area (Å²) < 4.78 is 5.26.